The first-order valence-corrected chi connectivity index (χ1v) is 23.2. The minimum Gasteiger partial charge on any atom is -0.457 e. The van der Waals surface area contributed by atoms with Crippen LogP contribution in [0, 0.1) is 0 Å². The standard InChI is InChI=1S/C64H40N2O2/c1-2-14-41(15-3-1)43-26-28-44(29-27-43)54-37-49(38-55-53-19-7-11-23-60(53)68-63(54)55)66(48-32-30-42-16-4-5-17-45(42)34-48)50-35-47(39-65-40-50)46-31-33-52-51-18-6-8-20-56(51)64(59(52)36-46)57-21-9-12-24-61(57)67-62-25-13-10-22-58(62)64/h1-40H. The van der Waals surface area contributed by atoms with Gasteiger partial charge in [-0.1, -0.05) is 176 Å². The fourth-order valence-corrected chi connectivity index (χ4v) is 11.1. The zero-order valence-corrected chi connectivity index (χ0v) is 36.8. The van der Waals surface area contributed by atoms with Gasteiger partial charge in [0.15, 0.2) is 0 Å². The Hall–Kier alpha value is -8.99. The number of ether oxygens (including phenoxy) is 1. The van der Waals surface area contributed by atoms with Crippen LogP contribution in [0.1, 0.15) is 22.3 Å². The first-order valence-electron chi connectivity index (χ1n) is 23.2. The molecule has 1 aliphatic carbocycles. The van der Waals surface area contributed by atoms with E-state index in [4.69, 9.17) is 14.1 Å². The summed E-state index contributed by atoms with van der Waals surface area (Å²) in [5.74, 6) is 1.76. The van der Waals surface area contributed by atoms with Gasteiger partial charge in [0.2, 0.25) is 0 Å². The molecule has 2 aliphatic rings. The Morgan fingerprint density at radius 1 is 0.353 bits per heavy atom. The SMILES string of the molecule is c1ccc(-c2ccc(-c3cc(N(c4cncc(-c5ccc6c(c5)C5(c7ccccc7Oc7ccccc75)c5ccccc5-6)c4)c4ccc5ccccc5c4)cc4c3oc3ccccc34)cc2)cc1. The van der Waals surface area contributed by atoms with E-state index in [1.165, 1.54) is 38.8 Å². The van der Waals surface area contributed by atoms with Crippen LogP contribution in [-0.4, -0.2) is 4.98 Å². The third kappa shape index (κ3) is 5.77. The average molecular weight is 869 g/mol. The summed E-state index contributed by atoms with van der Waals surface area (Å²) in [7, 11) is 0. The summed E-state index contributed by atoms with van der Waals surface area (Å²) in [6.07, 6.45) is 3.98. The predicted octanol–water partition coefficient (Wildman–Crippen LogP) is 17.1. The molecule has 0 atom stereocenters. The molecule has 4 heteroatoms. The number of fused-ring (bicyclic) bond motifs is 13. The van der Waals surface area contributed by atoms with Gasteiger partial charge in [0.25, 0.3) is 0 Å². The van der Waals surface area contributed by atoms with Crippen molar-refractivity contribution in [3.63, 3.8) is 0 Å². The van der Waals surface area contributed by atoms with Crippen molar-refractivity contribution in [1.82, 2.24) is 4.98 Å². The number of aromatic nitrogens is 1. The van der Waals surface area contributed by atoms with Crippen LogP contribution in [-0.2, 0) is 5.41 Å². The number of nitrogens with zero attached hydrogens (tertiary/aromatic N) is 2. The van der Waals surface area contributed by atoms with Gasteiger partial charge in [-0.05, 0) is 110 Å². The first-order chi connectivity index (χ1) is 33.7. The molecule has 3 heterocycles. The maximum Gasteiger partial charge on any atom is 0.143 e. The summed E-state index contributed by atoms with van der Waals surface area (Å²) in [6, 6.07) is 82.7. The van der Waals surface area contributed by atoms with E-state index in [2.05, 4.69) is 229 Å². The molecule has 0 saturated heterocycles. The lowest BCUT2D eigenvalue weighted by Crippen LogP contribution is -2.32. The predicted molar refractivity (Wildman–Crippen MR) is 277 cm³/mol. The number of para-hydroxylation sites is 3. The molecule has 0 saturated carbocycles. The van der Waals surface area contributed by atoms with Crippen molar-refractivity contribution in [2.45, 2.75) is 5.41 Å². The summed E-state index contributed by atoms with van der Waals surface area (Å²) in [4.78, 5) is 7.39. The van der Waals surface area contributed by atoms with Gasteiger partial charge in [-0.3, -0.25) is 4.98 Å². The van der Waals surface area contributed by atoms with Gasteiger partial charge in [0.1, 0.15) is 22.7 Å². The quantitative estimate of drug-likeness (QED) is 0.167. The van der Waals surface area contributed by atoms with Gasteiger partial charge in [0.05, 0.1) is 17.3 Å². The molecular weight excluding hydrogens is 829 g/mol. The van der Waals surface area contributed by atoms with Crippen LogP contribution in [0.25, 0.3) is 77.2 Å². The van der Waals surface area contributed by atoms with Gasteiger partial charge < -0.3 is 14.1 Å². The lowest BCUT2D eigenvalue weighted by Gasteiger charge is -2.39. The third-order valence-electron chi connectivity index (χ3n) is 14.2. The molecule has 14 rings (SSSR count). The number of hydrogen-bond acceptors (Lipinski definition) is 4. The minimum absolute atomic E-state index is 0.575. The van der Waals surface area contributed by atoms with Gasteiger partial charge in [-0.25, -0.2) is 0 Å². The van der Waals surface area contributed by atoms with Crippen LogP contribution in [0.3, 0.4) is 0 Å². The maximum absolute atomic E-state index is 6.75. The fourth-order valence-electron chi connectivity index (χ4n) is 11.1. The normalized spacial score (nSPS) is 12.9. The molecule has 10 aromatic carbocycles. The largest absolute Gasteiger partial charge is 0.457 e. The molecule has 318 valence electrons. The number of anilines is 3. The zero-order chi connectivity index (χ0) is 44.8. The first kappa shape index (κ1) is 38.3. The molecule has 0 radical (unpaired) electrons. The fraction of sp³-hybridized carbons (Fsp3) is 0.0156. The number of furan rings is 1. The Kier molecular flexibility index (Phi) is 8.46. The second kappa shape index (κ2) is 15.0. The van der Waals surface area contributed by atoms with Crippen molar-refractivity contribution < 1.29 is 9.15 Å². The topological polar surface area (TPSA) is 38.5 Å². The number of hydrogen-bond donors (Lipinski definition) is 0. The lowest BCUT2D eigenvalue weighted by molar-refractivity contribution is 0.436. The van der Waals surface area contributed by atoms with E-state index in [9.17, 15) is 0 Å². The molecule has 0 amide bonds. The highest BCUT2D eigenvalue weighted by Crippen LogP contribution is 2.62. The van der Waals surface area contributed by atoms with E-state index < -0.39 is 5.41 Å². The van der Waals surface area contributed by atoms with E-state index >= 15 is 0 Å². The summed E-state index contributed by atoms with van der Waals surface area (Å²) < 4.78 is 13.4. The highest BCUT2D eigenvalue weighted by molar-refractivity contribution is 6.12. The van der Waals surface area contributed by atoms with Crippen molar-refractivity contribution in [3.8, 4) is 56.0 Å². The second-order valence-electron chi connectivity index (χ2n) is 17.9. The molecule has 2 aromatic heterocycles. The van der Waals surface area contributed by atoms with Crippen LogP contribution in [0.2, 0.25) is 0 Å². The monoisotopic (exact) mass is 868 g/mol. The average Bonchev–Trinajstić information content (AvgIpc) is 3.92. The van der Waals surface area contributed by atoms with Crippen LogP contribution in [0.4, 0.5) is 17.1 Å². The molecular formula is C64H40N2O2. The Bertz CT molecular complexity index is 3920. The van der Waals surface area contributed by atoms with Gasteiger partial charge >= 0.3 is 0 Å². The van der Waals surface area contributed by atoms with E-state index in [0.29, 0.717) is 0 Å². The summed E-state index contributed by atoms with van der Waals surface area (Å²) in [6.45, 7) is 0. The summed E-state index contributed by atoms with van der Waals surface area (Å²) >= 11 is 0. The smallest absolute Gasteiger partial charge is 0.143 e. The highest BCUT2D eigenvalue weighted by Gasteiger charge is 2.51. The van der Waals surface area contributed by atoms with Crippen LogP contribution >= 0.6 is 0 Å². The Morgan fingerprint density at radius 3 is 1.82 bits per heavy atom. The summed E-state index contributed by atoms with van der Waals surface area (Å²) in [5, 5.41) is 4.46. The van der Waals surface area contributed by atoms with E-state index in [0.717, 1.165) is 89.3 Å². The molecule has 0 bridgehead atoms. The summed E-state index contributed by atoms with van der Waals surface area (Å²) in [5.41, 5.74) is 17.9. The number of benzene rings is 10. The molecule has 4 nitrogen and oxygen atoms in total. The van der Waals surface area contributed by atoms with E-state index in [1.54, 1.807) is 0 Å². The Morgan fingerprint density at radius 2 is 1.00 bits per heavy atom. The van der Waals surface area contributed by atoms with Crippen molar-refractivity contribution in [3.05, 3.63) is 265 Å². The van der Waals surface area contributed by atoms with Crippen LogP contribution in [0.5, 0.6) is 11.5 Å². The zero-order valence-electron chi connectivity index (χ0n) is 36.8. The Labute approximate surface area is 393 Å². The van der Waals surface area contributed by atoms with Crippen molar-refractivity contribution in [2.24, 2.45) is 0 Å². The maximum atomic E-state index is 6.75. The van der Waals surface area contributed by atoms with Crippen molar-refractivity contribution in [1.29, 1.82) is 0 Å². The lowest BCUT2D eigenvalue weighted by atomic mass is 9.66. The van der Waals surface area contributed by atoms with Gasteiger partial charge in [0, 0.05) is 50.6 Å². The highest BCUT2D eigenvalue weighted by atomic mass is 16.5. The molecule has 1 aliphatic heterocycles. The van der Waals surface area contributed by atoms with Crippen LogP contribution in [0.15, 0.2) is 247 Å². The van der Waals surface area contributed by atoms with Crippen molar-refractivity contribution in [2.75, 3.05) is 4.90 Å². The third-order valence-corrected chi connectivity index (χ3v) is 14.2. The van der Waals surface area contributed by atoms with Crippen molar-refractivity contribution >= 4 is 49.8 Å². The van der Waals surface area contributed by atoms with E-state index in [1.807, 2.05) is 18.5 Å². The van der Waals surface area contributed by atoms with Gasteiger partial charge in [-0.2, -0.15) is 0 Å². The molecule has 0 N–H and O–H groups in total. The Balaban J connectivity index is 0.972. The molecule has 0 unspecified atom stereocenters. The minimum atomic E-state index is -0.575. The number of pyridine rings is 1. The van der Waals surface area contributed by atoms with Crippen LogP contribution < -0.4 is 9.64 Å². The second-order valence-corrected chi connectivity index (χ2v) is 17.9. The van der Waals surface area contributed by atoms with Gasteiger partial charge in [-0.15, -0.1) is 0 Å². The molecule has 0 fully saturated rings. The molecule has 12 aromatic rings. The number of rotatable bonds is 6. The van der Waals surface area contributed by atoms with E-state index in [-0.39, 0.29) is 0 Å². The molecule has 1 spiro atoms. The molecule has 68 heavy (non-hydrogen) atoms.